The molecule has 24 heteroatoms. The number of nitrogens with two attached hydrogens (primary N) is 1. The molecule has 8 atom stereocenters. The molecule has 1 aromatic heterocycles. The van der Waals surface area contributed by atoms with Crippen LogP contribution in [0.25, 0.3) is 0 Å². The van der Waals surface area contributed by atoms with Crippen molar-refractivity contribution in [2.45, 2.75) is 140 Å². The fourth-order valence-corrected chi connectivity index (χ4v) is 7.95. The fourth-order valence-electron chi connectivity index (χ4n) is 7.95. The molecule has 1 aromatic carbocycles. The summed E-state index contributed by atoms with van der Waals surface area (Å²) in [5, 5.41) is 48.5. The van der Waals surface area contributed by atoms with E-state index in [-0.39, 0.29) is 89.1 Å². The number of carboxylic acids is 1. The number of phenolic OH excluding ortho intramolecular Hbond substituents is 1. The molecule has 8 amide bonds. The second kappa shape index (κ2) is 26.9. The smallest absolute Gasteiger partial charge is 0.326 e. The number of rotatable bonds is 20. The topological polar surface area (TPSA) is 372 Å². The predicted octanol–water partition coefficient (Wildman–Crippen LogP) is -1.71. The largest absolute Gasteiger partial charge is 0.508 e. The Kier molecular flexibility index (Phi) is 21.2. The van der Waals surface area contributed by atoms with Crippen molar-refractivity contribution in [3.8, 4) is 5.75 Å². The van der Waals surface area contributed by atoms with Gasteiger partial charge in [0.15, 0.2) is 5.96 Å². The van der Waals surface area contributed by atoms with Crippen LogP contribution in [0.4, 0.5) is 0 Å². The lowest BCUT2D eigenvalue weighted by molar-refractivity contribution is -0.146. The van der Waals surface area contributed by atoms with Crippen molar-refractivity contribution in [3.63, 3.8) is 0 Å². The van der Waals surface area contributed by atoms with Gasteiger partial charge in [0, 0.05) is 57.2 Å². The highest BCUT2D eigenvalue weighted by Crippen LogP contribution is 2.21. The molecule has 0 saturated carbocycles. The summed E-state index contributed by atoms with van der Waals surface area (Å²) in [4.78, 5) is 131. The molecule has 0 spiro atoms. The van der Waals surface area contributed by atoms with E-state index in [0.29, 0.717) is 30.5 Å². The number of benzene rings is 1. The van der Waals surface area contributed by atoms with Gasteiger partial charge in [-0.25, -0.2) is 9.78 Å². The number of aromatic amines is 1. The highest BCUT2D eigenvalue weighted by atomic mass is 16.4. The summed E-state index contributed by atoms with van der Waals surface area (Å²) >= 11 is 0. The Morgan fingerprint density at radius 1 is 0.942 bits per heavy atom. The number of phenols is 1. The van der Waals surface area contributed by atoms with Gasteiger partial charge in [0.1, 0.15) is 48.0 Å². The highest BCUT2D eigenvalue weighted by Gasteiger charge is 2.41. The first-order chi connectivity index (χ1) is 32.9. The summed E-state index contributed by atoms with van der Waals surface area (Å²) in [5.74, 6) is -7.44. The average molecular weight is 966 g/mol. The molecule has 69 heavy (non-hydrogen) atoms. The molecule has 2 aliphatic heterocycles. The van der Waals surface area contributed by atoms with E-state index < -0.39 is 101 Å². The fraction of sp³-hybridized carbons (Fsp3) is 0.578. The molecule has 0 radical (unpaired) electrons. The second-order valence-corrected chi connectivity index (χ2v) is 17.3. The Morgan fingerprint density at radius 2 is 1.68 bits per heavy atom. The minimum atomic E-state index is -1.47. The van der Waals surface area contributed by atoms with Gasteiger partial charge in [-0.3, -0.25) is 43.8 Å². The maximum atomic E-state index is 14.4. The van der Waals surface area contributed by atoms with Gasteiger partial charge in [-0.15, -0.1) is 0 Å². The van der Waals surface area contributed by atoms with Gasteiger partial charge in [0.05, 0.1) is 6.33 Å². The van der Waals surface area contributed by atoms with E-state index in [1.807, 2.05) is 0 Å². The maximum absolute atomic E-state index is 14.4. The van der Waals surface area contributed by atoms with Crippen LogP contribution in [0.15, 0.2) is 36.8 Å². The quantitative estimate of drug-likeness (QED) is 0.0400. The normalized spacial score (nSPS) is 20.8. The van der Waals surface area contributed by atoms with Crippen LogP contribution in [-0.2, 0) is 56.0 Å². The summed E-state index contributed by atoms with van der Waals surface area (Å²) in [6.45, 7) is 5.50. The summed E-state index contributed by atoms with van der Waals surface area (Å²) in [7, 11) is 0. The Balaban J connectivity index is 1.62. The van der Waals surface area contributed by atoms with E-state index in [2.05, 4.69) is 52.5 Å². The van der Waals surface area contributed by atoms with Gasteiger partial charge in [-0.2, -0.15) is 0 Å². The molecule has 0 aliphatic carbocycles. The first-order valence-electron chi connectivity index (χ1n) is 23.3. The van der Waals surface area contributed by atoms with E-state index in [4.69, 9.17) is 11.1 Å². The van der Waals surface area contributed by atoms with Crippen molar-refractivity contribution < 1.29 is 53.4 Å². The van der Waals surface area contributed by atoms with Gasteiger partial charge in [-0.05, 0) is 68.6 Å². The van der Waals surface area contributed by atoms with Crippen molar-refractivity contribution in [1.82, 2.24) is 57.4 Å². The highest BCUT2D eigenvalue weighted by molar-refractivity contribution is 5.98. The Morgan fingerprint density at radius 3 is 2.33 bits per heavy atom. The minimum absolute atomic E-state index is 0.0000544. The van der Waals surface area contributed by atoms with Crippen LogP contribution in [0.5, 0.6) is 5.75 Å². The molecule has 2 fully saturated rings. The molecule has 2 aromatic rings. The summed E-state index contributed by atoms with van der Waals surface area (Å²) in [6.07, 6.45) is 3.81. The van der Waals surface area contributed by atoms with Crippen LogP contribution in [0.2, 0.25) is 0 Å². The summed E-state index contributed by atoms with van der Waals surface area (Å²) < 4.78 is 0. The lowest BCUT2D eigenvalue weighted by Gasteiger charge is -2.31. The Labute approximate surface area is 399 Å². The molecule has 0 unspecified atom stereocenters. The van der Waals surface area contributed by atoms with Crippen molar-refractivity contribution in [1.29, 1.82) is 5.41 Å². The van der Waals surface area contributed by atoms with Gasteiger partial charge in [-0.1, -0.05) is 39.3 Å². The van der Waals surface area contributed by atoms with Gasteiger partial charge >= 0.3 is 5.97 Å². The summed E-state index contributed by atoms with van der Waals surface area (Å²) in [5.41, 5.74) is 6.30. The number of imidazole rings is 1. The number of aliphatic carboxylic acids is 1. The number of hydrogen-bond donors (Lipinski definition) is 13. The van der Waals surface area contributed by atoms with Crippen LogP contribution in [0.3, 0.4) is 0 Å². The summed E-state index contributed by atoms with van der Waals surface area (Å²) in [6, 6.07) is -3.01. The minimum Gasteiger partial charge on any atom is -0.508 e. The van der Waals surface area contributed by atoms with Crippen molar-refractivity contribution >= 4 is 59.2 Å². The lowest BCUT2D eigenvalue weighted by atomic mass is 9.98. The number of nitrogens with one attached hydrogen (secondary N) is 10. The number of likely N-dealkylation sites (tertiary alicyclic amines) is 1. The number of carbonyl (C=O) groups is 9. The number of amides is 8. The van der Waals surface area contributed by atoms with E-state index in [0.717, 1.165) is 0 Å². The van der Waals surface area contributed by atoms with Crippen LogP contribution < -0.4 is 48.3 Å². The first-order valence-corrected chi connectivity index (χ1v) is 23.3. The van der Waals surface area contributed by atoms with Crippen molar-refractivity contribution in [2.75, 3.05) is 19.6 Å². The predicted molar refractivity (Wildman–Crippen MR) is 248 cm³/mol. The monoisotopic (exact) mass is 966 g/mol. The molecule has 2 saturated heterocycles. The van der Waals surface area contributed by atoms with Crippen LogP contribution >= 0.6 is 0 Å². The zero-order chi connectivity index (χ0) is 50.6. The van der Waals surface area contributed by atoms with Crippen LogP contribution in [-0.4, -0.2) is 146 Å². The number of aromatic nitrogens is 2. The molecule has 4 rings (SSSR count). The number of nitrogens with zero attached hydrogens (tertiary/aromatic N) is 2. The number of carboxylic acid groups (broad SMARTS) is 1. The third-order valence-corrected chi connectivity index (χ3v) is 12.1. The molecule has 2 aliphatic rings. The lowest BCUT2D eigenvalue weighted by Crippen LogP contribution is -2.60. The Bertz CT molecular complexity index is 2120. The van der Waals surface area contributed by atoms with Crippen LogP contribution in [0.1, 0.15) is 96.2 Å². The van der Waals surface area contributed by atoms with E-state index in [1.54, 1.807) is 20.8 Å². The van der Waals surface area contributed by atoms with Gasteiger partial charge in [0.2, 0.25) is 47.3 Å². The van der Waals surface area contributed by atoms with E-state index in [1.165, 1.54) is 41.7 Å². The first kappa shape index (κ1) is 54.3. The molecule has 14 N–H and O–H groups in total. The molecule has 378 valence electrons. The number of guanidine groups is 1. The van der Waals surface area contributed by atoms with Crippen molar-refractivity contribution in [3.05, 3.63) is 48.0 Å². The molecular formula is C45H67N13O11. The SMILES string of the molecule is CCC(=O)N[C@@H](CCCNC(=N)N)C(=O)N[C@H]1CCCNC(=O)CC[C@@H](C(=O)N[C@@H](Cc2cnc[nH]2)C(=O)N2CCC[C@H]2C(=O)N[C@H](C(=O)O)[C@@H](C)CC)NC(=O)[C@H](Cc2ccc(O)cc2)NC1=O. The van der Waals surface area contributed by atoms with E-state index in [9.17, 15) is 53.4 Å². The second-order valence-electron chi connectivity index (χ2n) is 17.3. The third-order valence-electron chi connectivity index (χ3n) is 12.1. The molecule has 3 heterocycles. The number of hydrogen-bond acceptors (Lipinski definition) is 12. The maximum Gasteiger partial charge on any atom is 0.326 e. The zero-order valence-electron chi connectivity index (χ0n) is 39.2. The Hall–Kier alpha value is -7.27. The zero-order valence-corrected chi connectivity index (χ0v) is 39.2. The molecule has 24 nitrogen and oxygen atoms in total. The van der Waals surface area contributed by atoms with Crippen LogP contribution in [0, 0.1) is 11.3 Å². The molecular weight excluding hydrogens is 899 g/mol. The van der Waals surface area contributed by atoms with E-state index >= 15 is 0 Å². The van der Waals surface area contributed by atoms with Crippen molar-refractivity contribution in [2.24, 2.45) is 11.7 Å². The number of carbonyl (C=O) groups excluding carboxylic acids is 8. The average Bonchev–Trinajstić information content (AvgIpc) is 4.04. The standard InChI is InChI=1S/C45H67N13O11/c1-4-25(3)37(44(68)69)57-42(66)34-11-8-20-58(34)43(67)33(22-27-23-48-24-51-27)56-40(64)31-16-17-36(61)49-18-6-10-30(53-38(62)29(52-35(60)5-2)9-7-19-50-45(46)47)39(63)55-32(41(65)54-31)21-26-12-14-28(59)15-13-26/h12-15,23-25,29-34,37,59H,4-11,16-22H2,1-3H3,(H,48,51)(H,49,61)(H,52,60)(H,53,62)(H,54,65)(H,55,63)(H,56,64)(H,57,66)(H,68,69)(H4,46,47,50)/t25-,29-,30-,31-,32-,33-,34-,37-/m0/s1. The molecule has 0 bridgehead atoms. The third kappa shape index (κ3) is 17.1. The number of H-pyrrole nitrogens is 1. The van der Waals surface area contributed by atoms with Gasteiger partial charge < -0.3 is 68.4 Å². The van der Waals surface area contributed by atoms with Gasteiger partial charge in [0.25, 0.3) is 0 Å². The number of aromatic hydroxyl groups is 1.